The van der Waals surface area contributed by atoms with Gasteiger partial charge >= 0.3 is 6.03 Å². The summed E-state index contributed by atoms with van der Waals surface area (Å²) in [5.41, 5.74) is 3.07. The van der Waals surface area contributed by atoms with Gasteiger partial charge in [-0.1, -0.05) is 6.07 Å². The number of hydrogen-bond acceptors (Lipinski definition) is 4. The van der Waals surface area contributed by atoms with Crippen molar-refractivity contribution in [1.29, 1.82) is 0 Å². The maximum atomic E-state index is 12.5. The zero-order valence-corrected chi connectivity index (χ0v) is 15.8. The van der Waals surface area contributed by atoms with Crippen LogP contribution in [0.5, 0.6) is 5.88 Å². The van der Waals surface area contributed by atoms with Gasteiger partial charge in [0.05, 0.1) is 6.10 Å². The van der Waals surface area contributed by atoms with E-state index < -0.39 is 0 Å². The van der Waals surface area contributed by atoms with E-state index in [0.717, 1.165) is 16.8 Å². The van der Waals surface area contributed by atoms with Crippen LogP contribution in [0.2, 0.25) is 0 Å². The molecule has 142 valence electrons. The summed E-state index contributed by atoms with van der Waals surface area (Å²) < 4.78 is 5.68. The number of benzene rings is 1. The normalized spacial score (nSPS) is 13.6. The summed E-state index contributed by atoms with van der Waals surface area (Å²) >= 11 is 0. The van der Waals surface area contributed by atoms with Crippen LogP contribution in [0.15, 0.2) is 36.5 Å². The van der Waals surface area contributed by atoms with Crippen molar-refractivity contribution in [3.05, 3.63) is 53.2 Å². The van der Waals surface area contributed by atoms with Crippen molar-refractivity contribution in [3.63, 3.8) is 0 Å². The molecule has 1 aromatic heterocycles. The smallest absolute Gasteiger partial charge is 0.322 e. The van der Waals surface area contributed by atoms with Crippen molar-refractivity contribution in [2.24, 2.45) is 0 Å². The Bertz CT molecular complexity index is 851. The number of amides is 3. The molecule has 7 heteroatoms. The van der Waals surface area contributed by atoms with E-state index in [4.69, 9.17) is 4.74 Å². The molecule has 2 heterocycles. The van der Waals surface area contributed by atoms with Crippen molar-refractivity contribution in [2.75, 3.05) is 18.0 Å². The number of aromatic nitrogens is 1. The number of anilines is 1. The third-order valence-electron chi connectivity index (χ3n) is 4.24. The van der Waals surface area contributed by atoms with Crippen LogP contribution in [0.25, 0.3) is 0 Å². The summed E-state index contributed by atoms with van der Waals surface area (Å²) in [6.07, 6.45) is 1.67. The number of nitrogens with zero attached hydrogens (tertiary/aromatic N) is 2. The number of hydrogen-bond donors (Lipinski definition) is 2. The van der Waals surface area contributed by atoms with Crippen LogP contribution in [-0.4, -0.2) is 36.1 Å². The average Bonchev–Trinajstić information content (AvgIpc) is 3.06. The monoisotopic (exact) mass is 368 g/mol. The maximum Gasteiger partial charge on any atom is 0.322 e. The number of rotatable bonds is 6. The molecule has 3 rings (SSSR count). The lowest BCUT2D eigenvalue weighted by Gasteiger charge is -2.18. The van der Waals surface area contributed by atoms with E-state index in [1.54, 1.807) is 23.2 Å². The molecule has 27 heavy (non-hydrogen) atoms. The summed E-state index contributed by atoms with van der Waals surface area (Å²) in [4.78, 5) is 30.3. The lowest BCUT2D eigenvalue weighted by atomic mass is 10.1. The second-order valence-electron chi connectivity index (χ2n) is 6.70. The lowest BCUT2D eigenvalue weighted by Crippen LogP contribution is -2.28. The van der Waals surface area contributed by atoms with E-state index in [9.17, 15) is 9.59 Å². The fourth-order valence-electron chi connectivity index (χ4n) is 2.97. The first-order valence-electron chi connectivity index (χ1n) is 9.00. The quantitative estimate of drug-likeness (QED) is 0.821. The van der Waals surface area contributed by atoms with E-state index in [0.29, 0.717) is 31.1 Å². The minimum atomic E-state index is -0.185. The topological polar surface area (TPSA) is 83.6 Å². The molecule has 3 amide bonds. The molecule has 1 aliphatic heterocycles. The molecule has 1 fully saturated rings. The van der Waals surface area contributed by atoms with Crippen LogP contribution < -0.4 is 20.3 Å². The Labute approximate surface area is 158 Å². The highest BCUT2D eigenvalue weighted by Crippen LogP contribution is 2.23. The van der Waals surface area contributed by atoms with Crippen LogP contribution in [0.4, 0.5) is 10.5 Å². The van der Waals surface area contributed by atoms with Gasteiger partial charge in [-0.3, -0.25) is 9.69 Å². The third-order valence-corrected chi connectivity index (χ3v) is 4.24. The number of nitrogens with one attached hydrogen (secondary N) is 2. The summed E-state index contributed by atoms with van der Waals surface area (Å²) in [7, 11) is 0. The van der Waals surface area contributed by atoms with Gasteiger partial charge in [0, 0.05) is 42.6 Å². The molecule has 7 nitrogen and oxygen atoms in total. The van der Waals surface area contributed by atoms with Gasteiger partial charge in [-0.05, 0) is 50.6 Å². The van der Waals surface area contributed by atoms with E-state index in [-0.39, 0.29) is 18.0 Å². The molecule has 1 aromatic carbocycles. The second-order valence-corrected chi connectivity index (χ2v) is 6.70. The predicted molar refractivity (Wildman–Crippen MR) is 103 cm³/mol. The lowest BCUT2D eigenvalue weighted by molar-refractivity contribution is 0.0950. The highest BCUT2D eigenvalue weighted by atomic mass is 16.5. The van der Waals surface area contributed by atoms with Gasteiger partial charge < -0.3 is 15.4 Å². The SMILES string of the molecule is Cc1cc(C(=O)NCc2cccnc2OC(C)C)ccc1N1CCNC1=O. The van der Waals surface area contributed by atoms with Crippen molar-refractivity contribution in [1.82, 2.24) is 15.6 Å². The van der Waals surface area contributed by atoms with Gasteiger partial charge in [0.2, 0.25) is 5.88 Å². The summed E-state index contributed by atoms with van der Waals surface area (Å²) in [6.45, 7) is 7.35. The molecule has 1 aliphatic rings. The third kappa shape index (κ3) is 4.36. The standard InChI is InChI=1S/C20H24N4O3/c1-13(2)27-19-16(5-4-8-21-19)12-23-18(25)15-6-7-17(14(3)11-15)24-10-9-22-20(24)26/h4-8,11,13H,9-10,12H2,1-3H3,(H,22,26)(H,23,25). The van der Waals surface area contributed by atoms with Gasteiger partial charge in [-0.2, -0.15) is 0 Å². The fourth-order valence-corrected chi connectivity index (χ4v) is 2.97. The highest BCUT2D eigenvalue weighted by Gasteiger charge is 2.23. The molecular weight excluding hydrogens is 344 g/mol. The molecular formula is C20H24N4O3. The van der Waals surface area contributed by atoms with Crippen LogP contribution in [-0.2, 0) is 6.54 Å². The van der Waals surface area contributed by atoms with Gasteiger partial charge in [-0.15, -0.1) is 0 Å². The van der Waals surface area contributed by atoms with E-state index in [2.05, 4.69) is 15.6 Å². The van der Waals surface area contributed by atoms with Crippen LogP contribution in [0, 0.1) is 6.92 Å². The number of aryl methyl sites for hydroxylation is 1. The van der Waals surface area contributed by atoms with Gasteiger partial charge in [0.15, 0.2) is 0 Å². The zero-order valence-electron chi connectivity index (χ0n) is 15.8. The van der Waals surface area contributed by atoms with Crippen LogP contribution in [0.1, 0.15) is 35.3 Å². The Kier molecular flexibility index (Phi) is 5.59. The van der Waals surface area contributed by atoms with Crippen molar-refractivity contribution < 1.29 is 14.3 Å². The predicted octanol–water partition coefficient (Wildman–Crippen LogP) is 2.64. The molecule has 0 spiro atoms. The summed E-state index contributed by atoms with van der Waals surface area (Å²) in [5.74, 6) is 0.342. The molecule has 0 saturated carbocycles. The van der Waals surface area contributed by atoms with E-state index >= 15 is 0 Å². The first-order valence-corrected chi connectivity index (χ1v) is 9.00. The Morgan fingerprint density at radius 2 is 2.19 bits per heavy atom. The largest absolute Gasteiger partial charge is 0.475 e. The molecule has 0 radical (unpaired) electrons. The van der Waals surface area contributed by atoms with Gasteiger partial charge in [-0.25, -0.2) is 9.78 Å². The number of urea groups is 1. The minimum Gasteiger partial charge on any atom is -0.475 e. The fraction of sp³-hybridized carbons (Fsp3) is 0.350. The van der Waals surface area contributed by atoms with Crippen LogP contribution in [0.3, 0.4) is 0 Å². The number of carbonyl (C=O) groups excluding carboxylic acids is 2. The van der Waals surface area contributed by atoms with Gasteiger partial charge in [0.1, 0.15) is 0 Å². The Balaban J connectivity index is 1.68. The minimum absolute atomic E-state index is 0.00679. The Morgan fingerprint density at radius 1 is 1.37 bits per heavy atom. The molecule has 0 bridgehead atoms. The summed E-state index contributed by atoms with van der Waals surface area (Å²) in [6, 6.07) is 8.93. The highest BCUT2D eigenvalue weighted by molar-refractivity contribution is 5.97. The van der Waals surface area contributed by atoms with Crippen molar-refractivity contribution in [2.45, 2.75) is 33.4 Å². The number of ether oxygens (including phenoxy) is 1. The molecule has 2 aromatic rings. The van der Waals surface area contributed by atoms with Crippen molar-refractivity contribution >= 4 is 17.6 Å². The maximum absolute atomic E-state index is 12.5. The van der Waals surface area contributed by atoms with Gasteiger partial charge in [0.25, 0.3) is 5.91 Å². The molecule has 1 saturated heterocycles. The number of pyridine rings is 1. The first-order chi connectivity index (χ1) is 13.0. The molecule has 0 atom stereocenters. The van der Waals surface area contributed by atoms with E-state index in [1.807, 2.05) is 39.0 Å². The van der Waals surface area contributed by atoms with E-state index in [1.165, 1.54) is 0 Å². The first kappa shape index (κ1) is 18.7. The molecule has 2 N–H and O–H groups in total. The second kappa shape index (κ2) is 8.07. The molecule has 0 aliphatic carbocycles. The number of carbonyl (C=O) groups is 2. The summed E-state index contributed by atoms with van der Waals surface area (Å²) in [5, 5.41) is 5.68. The zero-order chi connectivity index (χ0) is 19.4. The Morgan fingerprint density at radius 3 is 2.85 bits per heavy atom. The van der Waals surface area contributed by atoms with Crippen LogP contribution >= 0.6 is 0 Å². The van der Waals surface area contributed by atoms with Crippen molar-refractivity contribution in [3.8, 4) is 5.88 Å². The average molecular weight is 368 g/mol. The molecule has 0 unspecified atom stereocenters. The Hall–Kier alpha value is -3.09.